The van der Waals surface area contributed by atoms with Gasteiger partial charge in [0.2, 0.25) is 0 Å². The van der Waals surface area contributed by atoms with E-state index in [0.717, 1.165) is 173 Å². The highest BCUT2D eigenvalue weighted by molar-refractivity contribution is 8.00. The van der Waals surface area contributed by atoms with Gasteiger partial charge in [0.15, 0.2) is 0 Å². The maximum atomic E-state index is 7.47. The highest BCUT2D eigenvalue weighted by atomic mass is 32.2. The fraction of sp³-hybridized carbons (Fsp3) is 0. The molecule has 5 nitrogen and oxygen atoms in total. The van der Waals surface area contributed by atoms with Crippen molar-refractivity contribution in [3.05, 3.63) is 437 Å². The number of hydrogen-bond donors (Lipinski definition) is 0. The van der Waals surface area contributed by atoms with Crippen molar-refractivity contribution in [2.24, 2.45) is 0 Å². The fourth-order valence-electron chi connectivity index (χ4n) is 18.6. The molecule has 0 N–H and O–H groups in total. The Kier molecular flexibility index (Phi) is 17.0. The van der Waals surface area contributed by atoms with Crippen molar-refractivity contribution in [1.82, 2.24) is 0 Å². The van der Waals surface area contributed by atoms with Crippen LogP contribution < -0.4 is 57.1 Å². The zero-order chi connectivity index (χ0) is 76.6. The third-order valence-corrected chi connectivity index (χ3v) is 24.6. The first-order valence-corrected chi connectivity index (χ1v) is 40.7. The maximum Gasteiger partial charge on any atom is 0.253 e. The molecular weight excluding hydrogens is 1420 g/mol. The molecule has 0 amide bonds. The second-order valence-corrected chi connectivity index (χ2v) is 31.2. The molecule has 0 bridgehead atoms. The van der Waals surface area contributed by atoms with E-state index in [1.807, 2.05) is 11.8 Å². The van der Waals surface area contributed by atoms with Gasteiger partial charge in [0, 0.05) is 88.9 Å². The van der Waals surface area contributed by atoms with Crippen LogP contribution in [0.25, 0.3) is 77.9 Å². The van der Waals surface area contributed by atoms with E-state index in [1.165, 1.54) is 26.7 Å². The smallest absolute Gasteiger partial charge is 0.253 e. The molecule has 0 fully saturated rings. The van der Waals surface area contributed by atoms with Crippen LogP contribution in [0.15, 0.2) is 447 Å². The van der Waals surface area contributed by atoms with Crippen LogP contribution in [0.1, 0.15) is 0 Å². The molecule has 116 heavy (non-hydrogen) atoms. The van der Waals surface area contributed by atoms with Gasteiger partial charge < -0.3 is 24.3 Å². The first kappa shape index (κ1) is 68.3. The number of ether oxygens (including phenoxy) is 1. The van der Waals surface area contributed by atoms with Gasteiger partial charge in [-0.1, -0.05) is 381 Å². The highest BCUT2D eigenvalue weighted by Crippen LogP contribution is 2.57. The zero-order valence-corrected chi connectivity index (χ0v) is 64.1. The molecule has 18 aromatic rings. The number of fused-ring (bicyclic) bond motifs is 8. The van der Waals surface area contributed by atoms with Crippen molar-refractivity contribution in [3.63, 3.8) is 0 Å². The third-order valence-electron chi connectivity index (χ3n) is 23.5. The summed E-state index contributed by atoms with van der Waals surface area (Å²) in [7, 11) is 0. The van der Waals surface area contributed by atoms with Gasteiger partial charge >= 0.3 is 0 Å². The number of anilines is 12. The summed E-state index contributed by atoms with van der Waals surface area (Å²) in [5.41, 5.74) is 35.5. The number of benzene rings is 18. The lowest BCUT2D eigenvalue weighted by molar-refractivity contribution is 0.486. The van der Waals surface area contributed by atoms with Gasteiger partial charge in [0.25, 0.3) is 13.4 Å². The van der Waals surface area contributed by atoms with E-state index in [4.69, 9.17) is 4.74 Å². The van der Waals surface area contributed by atoms with E-state index in [0.29, 0.717) is 0 Å². The Balaban J connectivity index is 0.854. The molecule has 4 aliphatic heterocycles. The first-order chi connectivity index (χ1) is 57.6. The van der Waals surface area contributed by atoms with Gasteiger partial charge in [-0.25, -0.2) is 0 Å². The number of para-hydroxylation sites is 8. The molecule has 0 atom stereocenters. The molecule has 18 aromatic carbocycles. The molecule has 4 aliphatic rings. The summed E-state index contributed by atoms with van der Waals surface area (Å²) in [6, 6.07) is 161. The standard InChI is InChI=1S/C108H72B2N4OS/c1-10-37-73(38-11-1)84-55-28-31-64-95(84)113-97-72-102-94(110-92-63-30-33-66-100(92)115-101-69-83(70-103(116-102)105(101)110)112(81-53-26-9-27-54-81)107-87(76-43-16-4-17-44-76)58-35-59-88(107)77-45-18-5-19-46-77)71-93(97)109-91-62-29-32-65-96(91)114(108-89(78-47-20-6-21-48-78)60-36-61-90(108)79-49-22-7-23-50-79)99-68-82(67-98(113)104(99)109)111(80-51-24-8-25-52-80)106-85(74-39-12-2-13-40-74)56-34-57-86(106)75-41-14-3-15-42-75/h1-72H. The van der Waals surface area contributed by atoms with Crippen LogP contribution in [0.2, 0.25) is 0 Å². The molecule has 0 saturated heterocycles. The van der Waals surface area contributed by atoms with E-state index in [1.54, 1.807) is 0 Å². The average molecular weight is 1500 g/mol. The SMILES string of the molecule is c1ccc(-c2ccccc2N2c3cc4c(cc3B3c5ccccc5N(c5c(-c6ccccc6)cccc5-c5ccccc5)c5cc(N(c6ccccc6)c6c(-c7ccccc7)cccc6-c6ccccc6)cc2c53)B2c3ccccc3Oc3cc(N(c5ccccc5)c5c(-c6ccccc6)cccc5-c5ccccc5)cc(c32)S4)cc1. The fourth-order valence-corrected chi connectivity index (χ4v) is 19.8. The minimum absolute atomic E-state index is 0.208. The molecule has 0 aliphatic carbocycles. The summed E-state index contributed by atoms with van der Waals surface area (Å²) >= 11 is 1.86. The Labute approximate surface area is 681 Å². The van der Waals surface area contributed by atoms with E-state index in [-0.39, 0.29) is 13.4 Å². The van der Waals surface area contributed by atoms with Crippen LogP contribution in [-0.2, 0) is 0 Å². The predicted molar refractivity (Wildman–Crippen MR) is 490 cm³/mol. The number of nitrogens with zero attached hydrogens (tertiary/aromatic N) is 4. The number of rotatable bonds is 15. The predicted octanol–water partition coefficient (Wildman–Crippen LogP) is 25.5. The van der Waals surface area contributed by atoms with Gasteiger partial charge in [-0.3, -0.25) is 0 Å². The van der Waals surface area contributed by atoms with Gasteiger partial charge in [-0.2, -0.15) is 0 Å². The quantitative estimate of drug-likeness (QED) is 0.0948. The lowest BCUT2D eigenvalue weighted by Crippen LogP contribution is -2.64. The Morgan fingerprint density at radius 3 is 1.06 bits per heavy atom. The van der Waals surface area contributed by atoms with Crippen molar-refractivity contribution in [2.75, 3.05) is 19.6 Å². The van der Waals surface area contributed by atoms with Crippen LogP contribution in [-0.4, -0.2) is 13.4 Å². The lowest BCUT2D eigenvalue weighted by atomic mass is 9.31. The van der Waals surface area contributed by atoms with Gasteiger partial charge in [0.1, 0.15) is 11.5 Å². The van der Waals surface area contributed by atoms with Crippen molar-refractivity contribution in [2.45, 2.75) is 9.79 Å². The molecule has 22 rings (SSSR count). The van der Waals surface area contributed by atoms with Crippen LogP contribution in [0.4, 0.5) is 68.2 Å². The van der Waals surface area contributed by atoms with Crippen molar-refractivity contribution >= 4 is 126 Å². The van der Waals surface area contributed by atoms with E-state index >= 15 is 0 Å². The summed E-state index contributed by atoms with van der Waals surface area (Å²) < 4.78 is 7.47. The second-order valence-electron chi connectivity index (χ2n) is 30.1. The Bertz CT molecular complexity index is 6610. The molecule has 8 heteroatoms. The van der Waals surface area contributed by atoms with Crippen LogP contribution >= 0.6 is 11.8 Å². The number of hydrogen-bond acceptors (Lipinski definition) is 6. The van der Waals surface area contributed by atoms with E-state index in [2.05, 4.69) is 456 Å². The molecule has 0 radical (unpaired) electrons. The van der Waals surface area contributed by atoms with Crippen LogP contribution in [0.3, 0.4) is 0 Å². The van der Waals surface area contributed by atoms with Crippen molar-refractivity contribution in [3.8, 4) is 89.4 Å². The lowest BCUT2D eigenvalue weighted by Gasteiger charge is -2.46. The summed E-state index contributed by atoms with van der Waals surface area (Å²) in [4.78, 5) is 12.7. The second kappa shape index (κ2) is 28.9. The Morgan fingerprint density at radius 2 is 0.578 bits per heavy atom. The summed E-state index contributed by atoms with van der Waals surface area (Å²) in [6.07, 6.45) is 0. The largest absolute Gasteiger partial charge is 0.458 e. The molecule has 0 spiro atoms. The molecule has 0 aromatic heterocycles. The van der Waals surface area contributed by atoms with Crippen LogP contribution in [0.5, 0.6) is 11.5 Å². The molecule has 0 unspecified atom stereocenters. The minimum Gasteiger partial charge on any atom is -0.458 e. The molecule has 4 heterocycles. The third kappa shape index (κ3) is 11.6. The highest BCUT2D eigenvalue weighted by Gasteiger charge is 2.48. The van der Waals surface area contributed by atoms with Crippen LogP contribution in [0, 0.1) is 0 Å². The maximum absolute atomic E-state index is 7.47. The Morgan fingerprint density at radius 1 is 0.216 bits per heavy atom. The topological polar surface area (TPSA) is 22.2 Å². The van der Waals surface area contributed by atoms with E-state index < -0.39 is 0 Å². The van der Waals surface area contributed by atoms with Gasteiger partial charge in [-0.05, 0) is 133 Å². The first-order valence-electron chi connectivity index (χ1n) is 39.9. The minimum atomic E-state index is -0.293. The normalized spacial score (nSPS) is 12.4. The van der Waals surface area contributed by atoms with Crippen molar-refractivity contribution in [1.29, 1.82) is 0 Å². The Hall–Kier alpha value is -14.6. The van der Waals surface area contributed by atoms with Gasteiger partial charge in [-0.15, -0.1) is 0 Å². The van der Waals surface area contributed by atoms with Crippen molar-refractivity contribution < 1.29 is 4.74 Å². The molecule has 542 valence electrons. The summed E-state index contributed by atoms with van der Waals surface area (Å²) in [5, 5.41) is 0. The average Bonchev–Trinajstić information content (AvgIpc) is 0.684. The molecule has 0 saturated carbocycles. The summed E-state index contributed by atoms with van der Waals surface area (Å²) in [5.74, 6) is 1.69. The molecular formula is C108H72B2N4OS. The summed E-state index contributed by atoms with van der Waals surface area (Å²) in [6.45, 7) is -0.501. The van der Waals surface area contributed by atoms with E-state index in [9.17, 15) is 0 Å². The van der Waals surface area contributed by atoms with Gasteiger partial charge in [0.05, 0.1) is 34.1 Å². The monoisotopic (exact) mass is 1490 g/mol. The zero-order valence-electron chi connectivity index (χ0n) is 63.3.